The fourth-order valence-corrected chi connectivity index (χ4v) is 1.45. The van der Waals surface area contributed by atoms with Crippen LogP contribution in [0.3, 0.4) is 0 Å². The van der Waals surface area contributed by atoms with Gasteiger partial charge in [-0.1, -0.05) is 0 Å². The maximum atomic E-state index is 11.5. The Balaban J connectivity index is 3.46. The molecule has 0 spiro atoms. The van der Waals surface area contributed by atoms with Crippen LogP contribution in [0.5, 0.6) is 5.75 Å². The summed E-state index contributed by atoms with van der Waals surface area (Å²) in [6.07, 6.45) is 0. The lowest BCUT2D eigenvalue weighted by Crippen LogP contribution is -2.11. The topological polar surface area (TPSA) is 108 Å². The van der Waals surface area contributed by atoms with E-state index in [9.17, 15) is 19.7 Å². The first-order valence-corrected chi connectivity index (χ1v) is 5.13. The van der Waals surface area contributed by atoms with Crippen LogP contribution in [0.25, 0.3) is 0 Å². The van der Waals surface area contributed by atoms with E-state index in [0.29, 0.717) is 0 Å². The highest BCUT2D eigenvalue weighted by atomic mass is 16.6. The van der Waals surface area contributed by atoms with Crippen molar-refractivity contribution in [1.29, 1.82) is 0 Å². The molecule has 1 rings (SSSR count). The minimum Gasteiger partial charge on any atom is -0.496 e. The van der Waals surface area contributed by atoms with Gasteiger partial charge < -0.3 is 14.8 Å². The van der Waals surface area contributed by atoms with Crippen molar-refractivity contribution in [3.05, 3.63) is 27.8 Å². The van der Waals surface area contributed by atoms with Gasteiger partial charge in [0, 0.05) is 6.92 Å². The summed E-state index contributed by atoms with van der Waals surface area (Å²) in [7, 11) is 2.44. The number of nitro benzene ring substituents is 1. The van der Waals surface area contributed by atoms with Gasteiger partial charge in [0.15, 0.2) is 0 Å². The average molecular weight is 268 g/mol. The zero-order valence-corrected chi connectivity index (χ0v) is 10.6. The number of anilines is 1. The Morgan fingerprint density at radius 2 is 1.95 bits per heavy atom. The van der Waals surface area contributed by atoms with Gasteiger partial charge in [-0.05, 0) is 6.07 Å². The van der Waals surface area contributed by atoms with Gasteiger partial charge in [-0.2, -0.15) is 0 Å². The van der Waals surface area contributed by atoms with Crippen molar-refractivity contribution in [2.45, 2.75) is 6.92 Å². The zero-order valence-electron chi connectivity index (χ0n) is 10.6. The van der Waals surface area contributed by atoms with Crippen LogP contribution < -0.4 is 10.1 Å². The summed E-state index contributed by atoms with van der Waals surface area (Å²) in [5.41, 5.74) is -0.488. The van der Waals surface area contributed by atoms with E-state index in [2.05, 4.69) is 10.1 Å². The van der Waals surface area contributed by atoms with Crippen LogP contribution in [0.4, 0.5) is 11.4 Å². The van der Waals surface area contributed by atoms with Crippen LogP contribution in [0, 0.1) is 10.1 Å². The molecule has 0 aromatic heterocycles. The molecule has 8 nitrogen and oxygen atoms in total. The molecule has 1 aromatic rings. The smallest absolute Gasteiger partial charge is 0.341 e. The second-order valence-corrected chi connectivity index (χ2v) is 3.50. The van der Waals surface area contributed by atoms with Crippen LogP contribution >= 0.6 is 0 Å². The Hall–Kier alpha value is -2.64. The minimum atomic E-state index is -0.724. The number of ether oxygens (including phenoxy) is 2. The molecule has 102 valence electrons. The zero-order chi connectivity index (χ0) is 14.6. The summed E-state index contributed by atoms with van der Waals surface area (Å²) < 4.78 is 9.44. The number of hydrogen-bond donors (Lipinski definition) is 1. The van der Waals surface area contributed by atoms with Crippen molar-refractivity contribution in [3.8, 4) is 5.75 Å². The largest absolute Gasteiger partial charge is 0.496 e. The molecule has 0 aliphatic carbocycles. The molecule has 1 N–H and O–H groups in total. The molecule has 19 heavy (non-hydrogen) atoms. The normalized spacial score (nSPS) is 9.63. The van der Waals surface area contributed by atoms with Gasteiger partial charge in [0.1, 0.15) is 17.0 Å². The third kappa shape index (κ3) is 3.18. The fourth-order valence-electron chi connectivity index (χ4n) is 1.45. The van der Waals surface area contributed by atoms with Crippen molar-refractivity contribution < 1.29 is 24.0 Å². The molecule has 0 bridgehead atoms. The van der Waals surface area contributed by atoms with Gasteiger partial charge in [0.05, 0.1) is 25.2 Å². The SMILES string of the molecule is COC(=O)c1cc(NC(C)=O)c([N+](=O)[O-])cc1OC. The van der Waals surface area contributed by atoms with E-state index in [4.69, 9.17) is 4.74 Å². The number of benzene rings is 1. The molecule has 1 aromatic carbocycles. The quantitative estimate of drug-likeness (QED) is 0.501. The van der Waals surface area contributed by atoms with Crippen LogP contribution in [-0.2, 0) is 9.53 Å². The lowest BCUT2D eigenvalue weighted by Gasteiger charge is -2.10. The van der Waals surface area contributed by atoms with Crippen molar-refractivity contribution in [1.82, 2.24) is 0 Å². The summed E-state index contributed by atoms with van der Waals surface area (Å²) in [6, 6.07) is 2.20. The summed E-state index contributed by atoms with van der Waals surface area (Å²) >= 11 is 0. The van der Waals surface area contributed by atoms with Crippen molar-refractivity contribution in [3.63, 3.8) is 0 Å². The van der Waals surface area contributed by atoms with E-state index in [1.807, 2.05) is 0 Å². The van der Waals surface area contributed by atoms with E-state index in [1.165, 1.54) is 21.1 Å². The first kappa shape index (κ1) is 14.4. The van der Waals surface area contributed by atoms with E-state index >= 15 is 0 Å². The summed E-state index contributed by atoms with van der Waals surface area (Å²) in [4.78, 5) is 32.8. The summed E-state index contributed by atoms with van der Waals surface area (Å²) in [5, 5.41) is 13.2. The first-order valence-electron chi connectivity index (χ1n) is 5.13. The highest BCUT2D eigenvalue weighted by Crippen LogP contribution is 2.33. The minimum absolute atomic E-state index is 0.00680. The molecule has 0 aliphatic heterocycles. The summed E-state index contributed by atoms with van der Waals surface area (Å²) in [6.45, 7) is 1.20. The Morgan fingerprint density at radius 3 is 2.37 bits per heavy atom. The molecule has 0 atom stereocenters. The van der Waals surface area contributed by atoms with Crippen molar-refractivity contribution in [2.75, 3.05) is 19.5 Å². The molecule has 0 fully saturated rings. The number of hydrogen-bond acceptors (Lipinski definition) is 6. The highest BCUT2D eigenvalue weighted by Gasteiger charge is 2.23. The molecule has 0 heterocycles. The van der Waals surface area contributed by atoms with Crippen LogP contribution in [0.15, 0.2) is 12.1 Å². The molecule has 0 aliphatic rings. The van der Waals surface area contributed by atoms with Gasteiger partial charge >= 0.3 is 5.97 Å². The fraction of sp³-hybridized carbons (Fsp3) is 0.273. The first-order chi connectivity index (χ1) is 8.90. The summed E-state index contributed by atoms with van der Waals surface area (Å²) in [5.74, 6) is -1.23. The van der Waals surface area contributed by atoms with Crippen molar-refractivity contribution >= 4 is 23.3 Å². The van der Waals surface area contributed by atoms with E-state index in [-0.39, 0.29) is 22.7 Å². The molecule has 0 radical (unpaired) electrons. The van der Waals surface area contributed by atoms with E-state index in [1.54, 1.807) is 0 Å². The molecule has 8 heteroatoms. The lowest BCUT2D eigenvalue weighted by molar-refractivity contribution is -0.384. The predicted molar refractivity (Wildman–Crippen MR) is 65.3 cm³/mol. The number of esters is 1. The van der Waals surface area contributed by atoms with E-state index < -0.39 is 16.8 Å². The number of nitro groups is 1. The Morgan fingerprint density at radius 1 is 1.32 bits per heavy atom. The molecular formula is C11H12N2O6. The number of methoxy groups -OCH3 is 2. The number of carbonyl (C=O) groups is 2. The van der Waals surface area contributed by atoms with Gasteiger partial charge in [0.2, 0.25) is 5.91 Å². The number of rotatable bonds is 4. The van der Waals surface area contributed by atoms with Gasteiger partial charge in [-0.15, -0.1) is 0 Å². The standard InChI is InChI=1S/C11H12N2O6/c1-6(14)12-8-4-7(11(15)19-3)10(18-2)5-9(8)13(16)17/h4-5H,1-3H3,(H,12,14). The Labute approximate surface area is 108 Å². The predicted octanol–water partition coefficient (Wildman–Crippen LogP) is 1.35. The van der Waals surface area contributed by atoms with Gasteiger partial charge in [0.25, 0.3) is 5.69 Å². The third-order valence-corrected chi connectivity index (χ3v) is 2.23. The number of amides is 1. The number of carbonyl (C=O) groups excluding carboxylic acids is 2. The monoisotopic (exact) mass is 268 g/mol. The molecule has 1 amide bonds. The number of nitrogens with zero attached hydrogens (tertiary/aromatic N) is 1. The third-order valence-electron chi connectivity index (χ3n) is 2.23. The lowest BCUT2D eigenvalue weighted by atomic mass is 10.1. The van der Waals surface area contributed by atoms with Crippen LogP contribution in [-0.4, -0.2) is 31.0 Å². The number of nitrogens with one attached hydrogen (secondary N) is 1. The molecule has 0 saturated carbocycles. The Kier molecular flexibility index (Phi) is 4.41. The van der Waals surface area contributed by atoms with Gasteiger partial charge in [-0.3, -0.25) is 14.9 Å². The van der Waals surface area contributed by atoms with Crippen LogP contribution in [0.2, 0.25) is 0 Å². The molecule has 0 saturated heterocycles. The second-order valence-electron chi connectivity index (χ2n) is 3.50. The maximum absolute atomic E-state index is 11.5. The second kappa shape index (κ2) is 5.80. The maximum Gasteiger partial charge on any atom is 0.341 e. The van der Waals surface area contributed by atoms with Gasteiger partial charge in [-0.25, -0.2) is 4.79 Å². The molecule has 0 unspecified atom stereocenters. The van der Waals surface area contributed by atoms with E-state index in [0.717, 1.165) is 12.1 Å². The average Bonchev–Trinajstić information content (AvgIpc) is 2.36. The highest BCUT2D eigenvalue weighted by molar-refractivity contribution is 5.98. The van der Waals surface area contributed by atoms with Crippen LogP contribution in [0.1, 0.15) is 17.3 Å². The molecular weight excluding hydrogens is 256 g/mol. The Bertz CT molecular complexity index is 540. The van der Waals surface area contributed by atoms with Crippen molar-refractivity contribution in [2.24, 2.45) is 0 Å².